The van der Waals surface area contributed by atoms with Gasteiger partial charge in [0.2, 0.25) is 0 Å². The lowest BCUT2D eigenvalue weighted by Gasteiger charge is -2.28. The third kappa shape index (κ3) is 2.55. The van der Waals surface area contributed by atoms with Crippen LogP contribution in [0.15, 0.2) is 36.4 Å². The van der Waals surface area contributed by atoms with Crippen molar-refractivity contribution in [2.45, 2.75) is 12.3 Å². The first-order chi connectivity index (χ1) is 9.15. The zero-order valence-electron chi connectivity index (χ0n) is 10.1. The summed E-state index contributed by atoms with van der Waals surface area (Å²) in [7, 11) is 0. The van der Waals surface area contributed by atoms with Gasteiger partial charge in [0, 0.05) is 38.8 Å². The minimum absolute atomic E-state index is 0.290. The van der Waals surface area contributed by atoms with Gasteiger partial charge in [-0.1, -0.05) is 46.9 Å². The van der Waals surface area contributed by atoms with E-state index in [0.29, 0.717) is 10.9 Å². The van der Waals surface area contributed by atoms with Gasteiger partial charge in [0.25, 0.3) is 0 Å². The molecule has 1 aliphatic rings. The summed E-state index contributed by atoms with van der Waals surface area (Å²) >= 11 is 18.4. The van der Waals surface area contributed by atoms with Crippen molar-refractivity contribution in [2.75, 3.05) is 11.9 Å². The Kier molecular flexibility index (Phi) is 3.62. The second-order valence-corrected chi connectivity index (χ2v) is 5.95. The fourth-order valence-electron chi connectivity index (χ4n) is 2.61. The Morgan fingerprint density at radius 3 is 2.42 bits per heavy atom. The van der Waals surface area contributed by atoms with Crippen LogP contribution in [0.4, 0.5) is 5.69 Å². The van der Waals surface area contributed by atoms with Gasteiger partial charge in [-0.05, 0) is 36.2 Å². The third-order valence-corrected chi connectivity index (χ3v) is 4.25. The second-order valence-electron chi connectivity index (χ2n) is 4.67. The molecule has 0 fully saturated rings. The summed E-state index contributed by atoms with van der Waals surface area (Å²) in [6.07, 6.45) is 1.01. The predicted octanol–water partition coefficient (Wildman–Crippen LogP) is 5.59. The summed E-state index contributed by atoms with van der Waals surface area (Å²) in [5.41, 5.74) is 3.39. The lowest BCUT2D eigenvalue weighted by molar-refractivity contribution is 0.720. The number of rotatable bonds is 1. The Balaban J connectivity index is 2.09. The summed E-state index contributed by atoms with van der Waals surface area (Å²) in [5, 5.41) is 5.49. The van der Waals surface area contributed by atoms with Gasteiger partial charge in [-0.25, -0.2) is 0 Å². The maximum absolute atomic E-state index is 6.37. The minimum atomic E-state index is 0.290. The van der Waals surface area contributed by atoms with Gasteiger partial charge in [-0.3, -0.25) is 0 Å². The maximum Gasteiger partial charge on any atom is 0.0479 e. The van der Waals surface area contributed by atoms with Crippen molar-refractivity contribution in [2.24, 2.45) is 0 Å². The van der Waals surface area contributed by atoms with Crippen LogP contribution in [0, 0.1) is 0 Å². The molecule has 0 aliphatic carbocycles. The molecule has 0 amide bonds. The molecule has 0 bridgehead atoms. The molecular weight excluding hydrogens is 301 g/mol. The lowest BCUT2D eigenvalue weighted by Crippen LogP contribution is -2.18. The van der Waals surface area contributed by atoms with Crippen molar-refractivity contribution in [3.63, 3.8) is 0 Å². The Morgan fingerprint density at radius 2 is 1.68 bits per heavy atom. The van der Waals surface area contributed by atoms with Gasteiger partial charge in [0.1, 0.15) is 0 Å². The molecule has 0 saturated heterocycles. The Morgan fingerprint density at radius 1 is 0.947 bits per heavy atom. The van der Waals surface area contributed by atoms with E-state index in [4.69, 9.17) is 34.8 Å². The summed E-state index contributed by atoms with van der Waals surface area (Å²) in [6, 6.07) is 11.7. The van der Waals surface area contributed by atoms with Crippen LogP contribution >= 0.6 is 34.8 Å². The van der Waals surface area contributed by atoms with Crippen LogP contribution < -0.4 is 5.32 Å². The highest BCUT2D eigenvalue weighted by Gasteiger charge is 2.24. The predicted molar refractivity (Wildman–Crippen MR) is 82.9 cm³/mol. The smallest absolute Gasteiger partial charge is 0.0479 e. The molecule has 0 spiro atoms. The van der Waals surface area contributed by atoms with Crippen LogP contribution in [0.3, 0.4) is 0 Å². The molecule has 98 valence electrons. The van der Waals surface area contributed by atoms with E-state index in [9.17, 15) is 0 Å². The highest BCUT2D eigenvalue weighted by atomic mass is 35.5. The van der Waals surface area contributed by atoms with Crippen molar-refractivity contribution in [1.82, 2.24) is 0 Å². The molecule has 0 saturated carbocycles. The first kappa shape index (κ1) is 13.1. The molecule has 4 heteroatoms. The van der Waals surface area contributed by atoms with Crippen LogP contribution in [0.2, 0.25) is 15.1 Å². The van der Waals surface area contributed by atoms with Gasteiger partial charge in [-0.2, -0.15) is 0 Å². The fraction of sp³-hybridized carbons (Fsp3) is 0.200. The van der Waals surface area contributed by atoms with Crippen molar-refractivity contribution < 1.29 is 0 Å². The Hall–Kier alpha value is -0.890. The average Bonchev–Trinajstić information content (AvgIpc) is 2.38. The molecule has 2 aromatic carbocycles. The van der Waals surface area contributed by atoms with Crippen molar-refractivity contribution in [1.29, 1.82) is 0 Å². The van der Waals surface area contributed by atoms with Crippen molar-refractivity contribution in [3.05, 3.63) is 62.6 Å². The van der Waals surface area contributed by atoms with Crippen molar-refractivity contribution in [3.8, 4) is 0 Å². The topological polar surface area (TPSA) is 12.0 Å². The fourth-order valence-corrected chi connectivity index (χ4v) is 3.36. The molecule has 0 radical (unpaired) electrons. The summed E-state index contributed by atoms with van der Waals surface area (Å²) in [4.78, 5) is 0. The first-order valence-electron chi connectivity index (χ1n) is 6.13. The third-order valence-electron chi connectivity index (χ3n) is 3.46. The molecule has 1 N–H and O–H groups in total. The Labute approximate surface area is 127 Å². The molecule has 3 rings (SSSR count). The van der Waals surface area contributed by atoms with Gasteiger partial charge in [0.05, 0.1) is 0 Å². The number of benzene rings is 2. The lowest BCUT2D eigenvalue weighted by atomic mass is 9.85. The van der Waals surface area contributed by atoms with E-state index in [1.54, 1.807) is 6.07 Å². The number of anilines is 1. The van der Waals surface area contributed by atoms with E-state index in [1.165, 1.54) is 5.56 Å². The highest BCUT2D eigenvalue weighted by Crippen LogP contribution is 2.42. The quantitative estimate of drug-likeness (QED) is 0.723. The molecule has 2 aromatic rings. The van der Waals surface area contributed by atoms with Crippen LogP contribution in [0.5, 0.6) is 0 Å². The molecule has 19 heavy (non-hydrogen) atoms. The van der Waals surface area contributed by atoms with Crippen LogP contribution in [-0.2, 0) is 0 Å². The molecule has 1 atom stereocenters. The van der Waals surface area contributed by atoms with Crippen LogP contribution in [0.1, 0.15) is 23.5 Å². The standard InChI is InChI=1S/C15H12Cl3N/c16-10-3-1-9(2-4-10)12-5-6-19-14-8-11(17)7-13(18)15(12)14/h1-4,7-8,12,19H,5-6H2. The molecule has 1 aliphatic heterocycles. The number of hydrogen-bond acceptors (Lipinski definition) is 1. The molecule has 1 unspecified atom stereocenters. The van der Waals surface area contributed by atoms with Gasteiger partial charge in [0.15, 0.2) is 0 Å². The van der Waals surface area contributed by atoms with Crippen LogP contribution in [0.25, 0.3) is 0 Å². The van der Waals surface area contributed by atoms with E-state index in [1.807, 2.05) is 18.2 Å². The minimum Gasteiger partial charge on any atom is -0.385 e. The largest absolute Gasteiger partial charge is 0.385 e. The van der Waals surface area contributed by atoms with Gasteiger partial charge < -0.3 is 5.32 Å². The summed E-state index contributed by atoms with van der Waals surface area (Å²) in [5.74, 6) is 0.290. The number of hydrogen-bond donors (Lipinski definition) is 1. The van der Waals surface area contributed by atoms with E-state index in [2.05, 4.69) is 17.4 Å². The maximum atomic E-state index is 6.37. The van der Waals surface area contributed by atoms with E-state index in [-0.39, 0.29) is 0 Å². The monoisotopic (exact) mass is 311 g/mol. The summed E-state index contributed by atoms with van der Waals surface area (Å²) in [6.45, 7) is 0.914. The van der Waals surface area contributed by atoms with Gasteiger partial charge in [-0.15, -0.1) is 0 Å². The van der Waals surface area contributed by atoms with Crippen LogP contribution in [-0.4, -0.2) is 6.54 Å². The van der Waals surface area contributed by atoms with E-state index >= 15 is 0 Å². The van der Waals surface area contributed by atoms with E-state index in [0.717, 1.165) is 34.3 Å². The summed E-state index contributed by atoms with van der Waals surface area (Å²) < 4.78 is 0. The average molecular weight is 313 g/mol. The molecular formula is C15H12Cl3N. The first-order valence-corrected chi connectivity index (χ1v) is 7.27. The van der Waals surface area contributed by atoms with Crippen molar-refractivity contribution >= 4 is 40.5 Å². The number of halogens is 3. The highest BCUT2D eigenvalue weighted by molar-refractivity contribution is 6.35. The number of fused-ring (bicyclic) bond motifs is 1. The zero-order valence-corrected chi connectivity index (χ0v) is 12.4. The second kappa shape index (κ2) is 5.24. The van der Waals surface area contributed by atoms with E-state index < -0.39 is 0 Å². The molecule has 1 nitrogen and oxygen atoms in total. The number of nitrogens with one attached hydrogen (secondary N) is 1. The zero-order chi connectivity index (χ0) is 13.4. The molecule has 0 aromatic heterocycles. The molecule has 1 heterocycles. The van der Waals surface area contributed by atoms with Gasteiger partial charge >= 0.3 is 0 Å². The normalized spacial score (nSPS) is 17.7. The Bertz CT molecular complexity index is 608. The SMILES string of the molecule is Clc1ccc(C2CCNc3cc(Cl)cc(Cl)c32)cc1.